The van der Waals surface area contributed by atoms with Crippen molar-refractivity contribution in [3.63, 3.8) is 0 Å². The maximum Gasteiger partial charge on any atom is 0.251 e. The van der Waals surface area contributed by atoms with E-state index in [0.29, 0.717) is 19.0 Å². The Balaban J connectivity index is 1.45. The predicted molar refractivity (Wildman–Crippen MR) is 79.1 cm³/mol. The minimum absolute atomic E-state index is 0.153. The highest BCUT2D eigenvalue weighted by atomic mass is 16.5. The summed E-state index contributed by atoms with van der Waals surface area (Å²) in [7, 11) is 0. The van der Waals surface area contributed by atoms with Crippen molar-refractivity contribution in [3.05, 3.63) is 11.7 Å². The average molecular weight is 308 g/mol. The molecule has 1 atom stereocenters. The molecule has 3 rings (SSSR count). The van der Waals surface area contributed by atoms with Gasteiger partial charge in [0, 0.05) is 39.2 Å². The van der Waals surface area contributed by atoms with Crippen LogP contribution in [0.4, 0.5) is 0 Å². The van der Waals surface area contributed by atoms with Crippen molar-refractivity contribution in [3.8, 4) is 0 Å². The van der Waals surface area contributed by atoms with Crippen LogP contribution < -0.4 is 0 Å². The Morgan fingerprint density at radius 1 is 1.32 bits per heavy atom. The molecule has 0 radical (unpaired) electrons. The molecule has 1 aromatic heterocycles. The summed E-state index contributed by atoms with van der Waals surface area (Å²) in [6, 6.07) is 0. The molecule has 0 aliphatic carbocycles. The standard InChI is InChI=1S/C15H24N4O3/c1-2-4-13-16-14(22-17-13)11-18-6-8-19(9-7-18)15(20)12-5-3-10-21-12/h12H,2-11H2,1H3. The third-order valence-electron chi connectivity index (χ3n) is 4.23. The Bertz CT molecular complexity index is 491. The monoisotopic (exact) mass is 308 g/mol. The van der Waals surface area contributed by atoms with Crippen LogP contribution in [0.2, 0.25) is 0 Å². The second-order valence-corrected chi connectivity index (χ2v) is 5.96. The SMILES string of the molecule is CCCc1noc(CN2CCN(C(=O)C3CCCO3)CC2)n1. The number of hydrogen-bond acceptors (Lipinski definition) is 6. The first-order chi connectivity index (χ1) is 10.8. The molecule has 2 saturated heterocycles. The Labute approximate surface area is 130 Å². The highest BCUT2D eigenvalue weighted by Gasteiger charge is 2.30. The summed E-state index contributed by atoms with van der Waals surface area (Å²) in [5.74, 6) is 1.60. The zero-order valence-corrected chi connectivity index (χ0v) is 13.2. The second-order valence-electron chi connectivity index (χ2n) is 5.96. The van der Waals surface area contributed by atoms with Gasteiger partial charge in [-0.15, -0.1) is 0 Å². The molecule has 1 aromatic rings. The normalized spacial score (nSPS) is 23.1. The zero-order chi connectivity index (χ0) is 15.4. The fraction of sp³-hybridized carbons (Fsp3) is 0.800. The fourth-order valence-electron chi connectivity index (χ4n) is 2.97. The van der Waals surface area contributed by atoms with E-state index in [1.165, 1.54) is 0 Å². The van der Waals surface area contributed by atoms with E-state index in [1.54, 1.807) is 0 Å². The molecule has 0 saturated carbocycles. The van der Waals surface area contributed by atoms with Crippen molar-refractivity contribution in [2.24, 2.45) is 0 Å². The summed E-state index contributed by atoms with van der Waals surface area (Å²) in [6.07, 6.45) is 3.52. The molecule has 1 unspecified atom stereocenters. The highest BCUT2D eigenvalue weighted by Crippen LogP contribution is 2.16. The van der Waals surface area contributed by atoms with Gasteiger partial charge in [-0.05, 0) is 19.3 Å². The van der Waals surface area contributed by atoms with Crippen molar-refractivity contribution >= 4 is 5.91 Å². The van der Waals surface area contributed by atoms with Gasteiger partial charge >= 0.3 is 0 Å². The van der Waals surface area contributed by atoms with Gasteiger partial charge in [-0.2, -0.15) is 4.98 Å². The topological polar surface area (TPSA) is 71.7 Å². The van der Waals surface area contributed by atoms with Crippen molar-refractivity contribution < 1.29 is 14.1 Å². The molecule has 0 aromatic carbocycles. The van der Waals surface area contributed by atoms with E-state index in [-0.39, 0.29) is 12.0 Å². The van der Waals surface area contributed by atoms with Crippen molar-refractivity contribution in [2.45, 2.75) is 45.3 Å². The number of aromatic nitrogens is 2. The number of carbonyl (C=O) groups excluding carboxylic acids is 1. The lowest BCUT2D eigenvalue weighted by molar-refractivity contribution is -0.142. The Morgan fingerprint density at radius 3 is 2.82 bits per heavy atom. The molecule has 122 valence electrons. The van der Waals surface area contributed by atoms with Crippen molar-refractivity contribution in [1.82, 2.24) is 19.9 Å². The highest BCUT2D eigenvalue weighted by molar-refractivity contribution is 5.81. The minimum Gasteiger partial charge on any atom is -0.368 e. The number of ether oxygens (including phenoxy) is 1. The number of piperazine rings is 1. The third-order valence-corrected chi connectivity index (χ3v) is 4.23. The first-order valence-corrected chi connectivity index (χ1v) is 8.20. The van der Waals surface area contributed by atoms with Gasteiger partial charge in [0.05, 0.1) is 6.54 Å². The average Bonchev–Trinajstić information content (AvgIpc) is 3.20. The molecule has 2 aliphatic rings. The third kappa shape index (κ3) is 3.64. The molecule has 3 heterocycles. The largest absolute Gasteiger partial charge is 0.368 e. The summed E-state index contributed by atoms with van der Waals surface area (Å²) in [4.78, 5) is 20.8. The molecule has 2 aliphatic heterocycles. The van der Waals surface area contributed by atoms with Gasteiger partial charge in [-0.3, -0.25) is 9.69 Å². The molecular formula is C15H24N4O3. The van der Waals surface area contributed by atoms with Crippen LogP contribution in [0.1, 0.15) is 37.9 Å². The lowest BCUT2D eigenvalue weighted by Gasteiger charge is -2.35. The van der Waals surface area contributed by atoms with Crippen LogP contribution >= 0.6 is 0 Å². The van der Waals surface area contributed by atoms with Crippen LogP contribution in [0.3, 0.4) is 0 Å². The number of aryl methyl sites for hydroxylation is 1. The van der Waals surface area contributed by atoms with Crippen LogP contribution in [0.25, 0.3) is 0 Å². The number of rotatable bonds is 5. The maximum absolute atomic E-state index is 12.3. The number of carbonyl (C=O) groups is 1. The van der Waals surface area contributed by atoms with Crippen LogP contribution in [0, 0.1) is 0 Å². The van der Waals surface area contributed by atoms with Crippen LogP contribution in [0.15, 0.2) is 4.52 Å². The van der Waals surface area contributed by atoms with E-state index in [0.717, 1.165) is 57.7 Å². The molecule has 7 heteroatoms. The minimum atomic E-state index is -0.209. The van der Waals surface area contributed by atoms with E-state index in [1.807, 2.05) is 4.90 Å². The summed E-state index contributed by atoms with van der Waals surface area (Å²) < 4.78 is 10.8. The zero-order valence-electron chi connectivity index (χ0n) is 13.2. The summed E-state index contributed by atoms with van der Waals surface area (Å²) in [6.45, 7) is 6.64. The van der Waals surface area contributed by atoms with Gasteiger partial charge in [-0.1, -0.05) is 12.1 Å². The number of amides is 1. The number of hydrogen-bond donors (Lipinski definition) is 0. The van der Waals surface area contributed by atoms with Gasteiger partial charge in [-0.25, -0.2) is 0 Å². The van der Waals surface area contributed by atoms with Gasteiger partial charge in [0.1, 0.15) is 6.10 Å². The predicted octanol–water partition coefficient (Wildman–Crippen LogP) is 0.845. The Hall–Kier alpha value is -1.47. The summed E-state index contributed by atoms with van der Waals surface area (Å²) in [5.41, 5.74) is 0. The molecule has 22 heavy (non-hydrogen) atoms. The molecule has 7 nitrogen and oxygen atoms in total. The van der Waals surface area contributed by atoms with Gasteiger partial charge in [0.25, 0.3) is 5.91 Å². The molecule has 0 N–H and O–H groups in total. The molecule has 2 fully saturated rings. The Kier molecular flexibility index (Phi) is 5.04. The quantitative estimate of drug-likeness (QED) is 0.803. The van der Waals surface area contributed by atoms with E-state index in [9.17, 15) is 4.79 Å². The van der Waals surface area contributed by atoms with Crippen LogP contribution in [-0.2, 0) is 22.5 Å². The Morgan fingerprint density at radius 2 is 2.14 bits per heavy atom. The van der Waals surface area contributed by atoms with Gasteiger partial charge in [0.15, 0.2) is 5.82 Å². The van der Waals surface area contributed by atoms with E-state index < -0.39 is 0 Å². The van der Waals surface area contributed by atoms with Gasteiger partial charge in [0.2, 0.25) is 5.89 Å². The smallest absolute Gasteiger partial charge is 0.251 e. The lowest BCUT2D eigenvalue weighted by atomic mass is 10.2. The van der Waals surface area contributed by atoms with E-state index in [4.69, 9.17) is 9.26 Å². The summed E-state index contributed by atoms with van der Waals surface area (Å²) in [5, 5.41) is 3.97. The number of nitrogens with zero attached hydrogens (tertiary/aromatic N) is 4. The fourth-order valence-corrected chi connectivity index (χ4v) is 2.97. The first kappa shape index (κ1) is 15.4. The molecule has 0 bridgehead atoms. The maximum atomic E-state index is 12.3. The molecule has 0 spiro atoms. The summed E-state index contributed by atoms with van der Waals surface area (Å²) >= 11 is 0. The molecular weight excluding hydrogens is 284 g/mol. The second kappa shape index (κ2) is 7.19. The van der Waals surface area contributed by atoms with Crippen LogP contribution in [0.5, 0.6) is 0 Å². The van der Waals surface area contributed by atoms with Gasteiger partial charge < -0.3 is 14.2 Å². The van der Waals surface area contributed by atoms with E-state index in [2.05, 4.69) is 22.0 Å². The molecule has 1 amide bonds. The van der Waals surface area contributed by atoms with Crippen LogP contribution in [-0.4, -0.2) is 64.7 Å². The first-order valence-electron chi connectivity index (χ1n) is 8.20. The lowest BCUT2D eigenvalue weighted by Crippen LogP contribution is -2.51. The van der Waals surface area contributed by atoms with E-state index >= 15 is 0 Å². The van der Waals surface area contributed by atoms with Crippen molar-refractivity contribution in [1.29, 1.82) is 0 Å². The van der Waals surface area contributed by atoms with Crippen molar-refractivity contribution in [2.75, 3.05) is 32.8 Å².